The summed E-state index contributed by atoms with van der Waals surface area (Å²) in [6.45, 7) is -6.30. The maximum absolute atomic E-state index is 12.5. The molecule has 0 bridgehead atoms. The van der Waals surface area contributed by atoms with Crippen molar-refractivity contribution >= 4 is 28.2 Å². The summed E-state index contributed by atoms with van der Waals surface area (Å²) in [6.07, 6.45) is 1.49. The molecule has 0 fully saturated rings. The monoisotopic (exact) mass is 534 g/mol. The third kappa shape index (κ3) is 7.42. The third-order valence-corrected chi connectivity index (χ3v) is 5.70. The number of hydrogen-bond acceptors (Lipinski definition) is 3. The number of hydrogen-bond donors (Lipinski definition) is 1. The average Bonchev–Trinajstić information content (AvgIpc) is 2.81. The molecule has 0 amide bonds. The van der Waals surface area contributed by atoms with Gasteiger partial charge in [-0.1, -0.05) is 22.4 Å². The van der Waals surface area contributed by atoms with Crippen LogP contribution < -0.4 is 5.46 Å². The van der Waals surface area contributed by atoms with Crippen molar-refractivity contribution in [2.24, 2.45) is 0 Å². The molecule has 0 aliphatic rings. The molecular weight excluding hydrogens is 519 g/mol. The third-order valence-electron chi connectivity index (χ3n) is 4.35. The standard InChI is InChI=1S/C17H14O3S.C6BF8/c1-21(20,12-11-14-5-3-2-4-6-14)13-17(19)15-7-9-16(18)10-8-15;8-2-1(7(13,14)15)3(9)5(11)6(12)4(2)10/h2-10H,13H2,1H3;/q;-1/p+1. The van der Waals surface area contributed by atoms with Crippen molar-refractivity contribution in [3.63, 3.8) is 0 Å². The van der Waals surface area contributed by atoms with Crippen LogP contribution in [0.1, 0.15) is 15.9 Å². The van der Waals surface area contributed by atoms with E-state index in [1.54, 1.807) is 0 Å². The van der Waals surface area contributed by atoms with E-state index in [-0.39, 0.29) is 17.3 Å². The van der Waals surface area contributed by atoms with Gasteiger partial charge in [0.05, 0.1) is 0 Å². The van der Waals surface area contributed by atoms with Crippen molar-refractivity contribution in [1.29, 1.82) is 0 Å². The molecule has 0 saturated heterocycles. The molecule has 3 nitrogen and oxygen atoms in total. The lowest BCUT2D eigenvalue weighted by Crippen LogP contribution is -2.41. The summed E-state index contributed by atoms with van der Waals surface area (Å²) in [5, 5.41) is 11.9. The molecule has 1 unspecified atom stereocenters. The predicted molar refractivity (Wildman–Crippen MR) is 120 cm³/mol. The number of aromatic hydroxyl groups is 1. The summed E-state index contributed by atoms with van der Waals surface area (Å²) < 4.78 is 110. The first-order valence-corrected chi connectivity index (χ1v) is 11.9. The second-order valence-corrected chi connectivity index (χ2v) is 9.77. The summed E-state index contributed by atoms with van der Waals surface area (Å²) in [5.41, 5.74) is -1.54. The number of benzene rings is 3. The molecule has 13 heteroatoms. The predicted octanol–water partition coefficient (Wildman–Crippen LogP) is 5.15. The molecule has 0 aliphatic heterocycles. The van der Waals surface area contributed by atoms with Gasteiger partial charge >= 0.3 is 6.98 Å². The largest absolute Gasteiger partial charge is 0.515 e. The number of Topliss-reactive ketones (excluding diaryl/α,β-unsaturated/α-hetero) is 1. The van der Waals surface area contributed by atoms with Crippen LogP contribution in [0.2, 0.25) is 0 Å². The van der Waals surface area contributed by atoms with Crippen molar-refractivity contribution in [2.75, 3.05) is 12.0 Å². The van der Waals surface area contributed by atoms with Gasteiger partial charge in [0.25, 0.3) is 0 Å². The maximum atomic E-state index is 12.5. The van der Waals surface area contributed by atoms with Crippen LogP contribution in [0.15, 0.2) is 54.6 Å². The smallest absolute Gasteiger partial charge is 0.508 e. The van der Waals surface area contributed by atoms with Gasteiger partial charge in [-0.3, -0.25) is 4.79 Å². The van der Waals surface area contributed by atoms with Gasteiger partial charge in [0.1, 0.15) is 23.6 Å². The highest BCUT2D eigenvalue weighted by atomic mass is 32.2. The highest BCUT2D eigenvalue weighted by Gasteiger charge is 2.37. The van der Waals surface area contributed by atoms with E-state index >= 15 is 0 Å². The van der Waals surface area contributed by atoms with Crippen molar-refractivity contribution in [3.8, 4) is 16.9 Å². The Bertz CT molecular complexity index is 1340. The zero-order valence-corrected chi connectivity index (χ0v) is 19.0. The average molecular weight is 534 g/mol. The molecule has 1 N–H and O–H groups in total. The molecule has 0 heterocycles. The maximum Gasteiger partial charge on any atom is 0.515 e. The summed E-state index contributed by atoms with van der Waals surface area (Å²) in [6, 6.07) is 15.1. The van der Waals surface area contributed by atoms with Crippen molar-refractivity contribution in [3.05, 3.63) is 94.8 Å². The molecule has 3 aromatic rings. The molecule has 190 valence electrons. The summed E-state index contributed by atoms with van der Waals surface area (Å²) in [5.74, 6) is -11.0. The van der Waals surface area contributed by atoms with E-state index < -0.39 is 51.5 Å². The Labute approximate surface area is 201 Å². The SMILES string of the molecule is C[S+](=O)(C#Cc1ccccc1)CC(=O)c1ccc(O)cc1.Fc1c(F)c(F)c([B-](F)(F)F)c(F)c1F. The Hall–Kier alpha value is -3.66. The molecule has 1 atom stereocenters. The minimum absolute atomic E-state index is 0.0904. The van der Waals surface area contributed by atoms with E-state index in [9.17, 15) is 49.0 Å². The lowest BCUT2D eigenvalue weighted by molar-refractivity contribution is 0.102. The molecule has 0 aliphatic carbocycles. The van der Waals surface area contributed by atoms with E-state index in [4.69, 9.17) is 0 Å². The lowest BCUT2D eigenvalue weighted by atomic mass is 9.79. The number of carbonyl (C=O) groups excluding carboxylic acids is 1. The van der Waals surface area contributed by atoms with Gasteiger partial charge in [-0.25, -0.2) is 22.0 Å². The van der Waals surface area contributed by atoms with Crippen molar-refractivity contribution < 1.29 is 49.0 Å². The Morgan fingerprint density at radius 2 is 1.31 bits per heavy atom. The van der Waals surface area contributed by atoms with Gasteiger partial charge in [-0.15, -0.1) is 0 Å². The van der Waals surface area contributed by atoms with E-state index in [1.807, 2.05) is 30.3 Å². The Morgan fingerprint density at radius 3 is 1.78 bits per heavy atom. The number of carbonyl (C=O) groups is 1. The van der Waals surface area contributed by atoms with Crippen LogP contribution in [-0.2, 0) is 14.1 Å². The highest BCUT2D eigenvalue weighted by molar-refractivity contribution is 8.07. The normalized spacial score (nSPS) is 12.5. The zero-order valence-electron chi connectivity index (χ0n) is 18.2. The number of phenolic OH excluding ortho intramolecular Hbond substituents is 1. The second kappa shape index (κ2) is 11.4. The van der Waals surface area contributed by atoms with E-state index in [0.717, 1.165) is 5.56 Å². The van der Waals surface area contributed by atoms with Gasteiger partial charge in [-0.05, 0) is 47.8 Å². The van der Waals surface area contributed by atoms with Crippen LogP contribution in [0.4, 0.5) is 34.9 Å². The Kier molecular flexibility index (Phi) is 9.04. The first kappa shape index (κ1) is 28.6. The highest BCUT2D eigenvalue weighted by Crippen LogP contribution is 2.21. The van der Waals surface area contributed by atoms with Crippen molar-refractivity contribution in [2.45, 2.75) is 0 Å². The van der Waals surface area contributed by atoms with E-state index in [2.05, 4.69) is 11.2 Å². The topological polar surface area (TPSA) is 54.4 Å². The van der Waals surface area contributed by atoms with E-state index in [1.165, 1.54) is 30.5 Å². The summed E-state index contributed by atoms with van der Waals surface area (Å²) >= 11 is 0. The molecule has 0 spiro atoms. The number of phenols is 1. The van der Waals surface area contributed by atoms with Crippen LogP contribution in [0.5, 0.6) is 5.75 Å². The molecule has 0 aromatic heterocycles. The van der Waals surface area contributed by atoms with Gasteiger partial charge in [-0.2, -0.15) is 0 Å². The lowest BCUT2D eigenvalue weighted by Gasteiger charge is -2.17. The molecule has 0 radical (unpaired) electrons. The minimum Gasteiger partial charge on any atom is -0.508 e. The summed E-state index contributed by atoms with van der Waals surface area (Å²) in [7, 11) is -2.56. The molecule has 3 rings (SSSR count). The summed E-state index contributed by atoms with van der Waals surface area (Å²) in [4.78, 5) is 12.1. The van der Waals surface area contributed by atoms with E-state index in [0.29, 0.717) is 5.56 Å². The molecule has 36 heavy (non-hydrogen) atoms. The first-order chi connectivity index (χ1) is 16.6. The van der Waals surface area contributed by atoms with Crippen LogP contribution in [0.3, 0.4) is 0 Å². The Balaban J connectivity index is 0.000000269. The molecular formula is C23H15BF8O3S. The van der Waals surface area contributed by atoms with Crippen LogP contribution in [0, 0.1) is 40.3 Å². The molecule has 0 saturated carbocycles. The fourth-order valence-electron chi connectivity index (χ4n) is 2.61. The van der Waals surface area contributed by atoms with Gasteiger partial charge in [0.2, 0.25) is 5.78 Å². The zero-order chi connectivity index (χ0) is 27.3. The minimum atomic E-state index is -6.30. The van der Waals surface area contributed by atoms with Gasteiger partial charge in [0.15, 0.2) is 38.4 Å². The quantitative estimate of drug-likeness (QED) is 0.0959. The number of rotatable bonds is 4. The number of halogens is 8. The fourth-order valence-corrected chi connectivity index (χ4v) is 3.69. The van der Waals surface area contributed by atoms with Gasteiger partial charge in [0, 0.05) is 11.1 Å². The van der Waals surface area contributed by atoms with Crippen LogP contribution >= 0.6 is 0 Å². The van der Waals surface area contributed by atoms with Crippen LogP contribution in [0.25, 0.3) is 0 Å². The first-order valence-electron chi connectivity index (χ1n) is 9.72. The van der Waals surface area contributed by atoms with Crippen LogP contribution in [-0.4, -0.2) is 29.9 Å². The Morgan fingerprint density at radius 1 is 0.833 bits per heavy atom. The molecule has 3 aromatic carbocycles. The second-order valence-electron chi connectivity index (χ2n) is 7.27. The number of ketones is 1. The van der Waals surface area contributed by atoms with Gasteiger partial charge < -0.3 is 18.1 Å². The fraction of sp³-hybridized carbons (Fsp3) is 0.0870. The van der Waals surface area contributed by atoms with Crippen molar-refractivity contribution in [1.82, 2.24) is 0 Å².